The molecular weight excluding hydrogens is 152 g/mol. The third-order valence-corrected chi connectivity index (χ3v) is 1.45. The third-order valence-electron chi connectivity index (χ3n) is 1.45. The van der Waals surface area contributed by atoms with Gasteiger partial charge in [0.25, 0.3) is 0 Å². The molecule has 1 aliphatic heterocycles. The summed E-state index contributed by atoms with van der Waals surface area (Å²) in [5.74, 6) is 1.37. The van der Waals surface area contributed by atoms with Crippen LogP contribution in [0.25, 0.3) is 5.70 Å². The van der Waals surface area contributed by atoms with E-state index in [0.29, 0.717) is 5.82 Å². The normalized spacial score (nSPS) is 15.1. The minimum Gasteiger partial charge on any atom is -0.239 e. The van der Waals surface area contributed by atoms with Crippen molar-refractivity contribution in [3.8, 4) is 0 Å². The fourth-order valence-corrected chi connectivity index (χ4v) is 0.926. The highest BCUT2D eigenvalue weighted by Crippen LogP contribution is 2.13. The highest BCUT2D eigenvalue weighted by molar-refractivity contribution is 5.90. The predicted octanol–water partition coefficient (Wildman–Crippen LogP) is 0.811. The van der Waals surface area contributed by atoms with Crippen LogP contribution in [0.4, 0.5) is 0 Å². The molecule has 0 unspecified atom stereocenters. The Morgan fingerprint density at radius 2 is 1.92 bits per heavy atom. The van der Waals surface area contributed by atoms with Crippen molar-refractivity contribution in [2.24, 2.45) is 4.99 Å². The van der Waals surface area contributed by atoms with Crippen molar-refractivity contribution in [3.63, 3.8) is 0 Å². The van der Waals surface area contributed by atoms with E-state index in [1.165, 1.54) is 0 Å². The highest BCUT2D eigenvalue weighted by Gasteiger charge is 2.08. The van der Waals surface area contributed by atoms with E-state index >= 15 is 0 Å². The summed E-state index contributed by atoms with van der Waals surface area (Å²) < 4.78 is 0. The Hall–Kier alpha value is -1.71. The molecule has 0 bridgehead atoms. The summed E-state index contributed by atoms with van der Waals surface area (Å²) in [6.45, 7) is 1.84. The van der Waals surface area contributed by atoms with E-state index in [1.807, 2.05) is 6.92 Å². The quantitative estimate of drug-likeness (QED) is 0.608. The maximum Gasteiger partial charge on any atom is 0.179 e. The average molecular weight is 159 g/mol. The molecule has 1 aliphatic rings. The predicted molar refractivity (Wildman–Crippen MR) is 45.3 cm³/mol. The van der Waals surface area contributed by atoms with Crippen LogP contribution >= 0.6 is 0 Å². The van der Waals surface area contributed by atoms with Crippen LogP contribution in [0.3, 0.4) is 0 Å². The molecule has 4 heteroatoms. The lowest BCUT2D eigenvalue weighted by molar-refractivity contribution is 1.11. The van der Waals surface area contributed by atoms with Gasteiger partial charge in [-0.1, -0.05) is 0 Å². The molecule has 0 aromatic carbocycles. The summed E-state index contributed by atoms with van der Waals surface area (Å²) in [5, 5.41) is 4.00. The summed E-state index contributed by atoms with van der Waals surface area (Å²) in [6.07, 6.45) is 5.04. The van der Waals surface area contributed by atoms with Gasteiger partial charge in [0.15, 0.2) is 5.82 Å². The zero-order chi connectivity index (χ0) is 8.39. The molecule has 2 rings (SSSR count). The van der Waals surface area contributed by atoms with E-state index in [9.17, 15) is 0 Å². The van der Waals surface area contributed by atoms with Gasteiger partial charge >= 0.3 is 0 Å². The maximum absolute atomic E-state index is 4.14. The van der Waals surface area contributed by atoms with Gasteiger partial charge in [0.1, 0.15) is 11.5 Å². The van der Waals surface area contributed by atoms with Crippen molar-refractivity contribution < 1.29 is 0 Å². The molecule has 1 aromatic rings. The van der Waals surface area contributed by atoms with Crippen LogP contribution in [-0.4, -0.2) is 15.8 Å². The van der Waals surface area contributed by atoms with Gasteiger partial charge in [0.05, 0.1) is 6.20 Å². The maximum atomic E-state index is 4.14. The van der Waals surface area contributed by atoms with Crippen LogP contribution in [0.5, 0.6) is 0 Å². The van der Waals surface area contributed by atoms with Gasteiger partial charge in [-0.15, -0.1) is 0 Å². The van der Waals surface area contributed by atoms with Crippen LogP contribution in [-0.2, 0) is 0 Å². The Morgan fingerprint density at radius 1 is 1.17 bits per heavy atom. The summed E-state index contributed by atoms with van der Waals surface area (Å²) in [6, 6.07) is 1.77. The lowest BCUT2D eigenvalue weighted by Crippen LogP contribution is -1.97. The molecular formula is C8H7N4. The van der Waals surface area contributed by atoms with Crippen molar-refractivity contribution in [2.45, 2.75) is 6.92 Å². The van der Waals surface area contributed by atoms with Crippen molar-refractivity contribution in [1.82, 2.24) is 15.3 Å². The zero-order valence-electron chi connectivity index (χ0n) is 6.60. The van der Waals surface area contributed by atoms with Gasteiger partial charge in [0.2, 0.25) is 0 Å². The monoisotopic (exact) mass is 159 g/mol. The van der Waals surface area contributed by atoms with Gasteiger partial charge in [-0.3, -0.25) is 0 Å². The number of hydrogen-bond donors (Lipinski definition) is 0. The molecule has 2 heterocycles. The van der Waals surface area contributed by atoms with E-state index in [4.69, 9.17) is 0 Å². The van der Waals surface area contributed by atoms with Crippen LogP contribution < -0.4 is 5.32 Å². The lowest BCUT2D eigenvalue weighted by atomic mass is 10.4. The number of amidine groups is 1. The molecule has 0 saturated carbocycles. The molecule has 0 fully saturated rings. The first-order valence-corrected chi connectivity index (χ1v) is 3.60. The zero-order valence-corrected chi connectivity index (χ0v) is 6.60. The van der Waals surface area contributed by atoms with E-state index in [1.54, 1.807) is 24.7 Å². The fourth-order valence-electron chi connectivity index (χ4n) is 0.926. The number of rotatable bonds is 1. The Bertz CT molecular complexity index is 339. The summed E-state index contributed by atoms with van der Waals surface area (Å²) in [4.78, 5) is 12.2. The van der Waals surface area contributed by atoms with Crippen LogP contribution in [0, 0.1) is 0 Å². The molecule has 0 aliphatic carbocycles. The second-order valence-electron chi connectivity index (χ2n) is 2.37. The smallest absolute Gasteiger partial charge is 0.179 e. The minimum atomic E-state index is 0.623. The molecule has 4 nitrogen and oxygen atoms in total. The minimum absolute atomic E-state index is 0.623. The first-order valence-electron chi connectivity index (χ1n) is 3.60. The largest absolute Gasteiger partial charge is 0.239 e. The molecule has 0 saturated heterocycles. The molecule has 1 aromatic heterocycles. The van der Waals surface area contributed by atoms with E-state index in [2.05, 4.69) is 20.3 Å². The highest BCUT2D eigenvalue weighted by atomic mass is 15.1. The third kappa shape index (κ3) is 1.18. The Labute approximate surface area is 70.1 Å². The van der Waals surface area contributed by atoms with E-state index < -0.39 is 0 Å². The van der Waals surface area contributed by atoms with Gasteiger partial charge < -0.3 is 0 Å². The second kappa shape index (κ2) is 2.73. The molecule has 1 radical (unpaired) electrons. The Balaban J connectivity index is 2.34. The topological polar surface area (TPSA) is 52.2 Å². The standard InChI is InChI=1S/C8H7N4/c1-6-11-5-7(12-6)8-9-3-2-4-10-8/h2-5H,1H3. The summed E-state index contributed by atoms with van der Waals surface area (Å²) in [7, 11) is 0. The van der Waals surface area contributed by atoms with E-state index in [0.717, 1.165) is 11.5 Å². The lowest BCUT2D eigenvalue weighted by Gasteiger charge is -1.92. The number of hydrogen-bond acceptors (Lipinski definition) is 3. The molecule has 0 N–H and O–H groups in total. The molecule has 59 valence electrons. The van der Waals surface area contributed by atoms with Gasteiger partial charge in [-0.05, 0) is 13.0 Å². The van der Waals surface area contributed by atoms with Gasteiger partial charge in [-0.2, -0.15) is 0 Å². The van der Waals surface area contributed by atoms with Crippen molar-refractivity contribution in [3.05, 3.63) is 30.5 Å². The SMILES string of the molecule is CC1=NC(c2ncccn2)=C[N]1. The van der Waals surface area contributed by atoms with Gasteiger partial charge in [0, 0.05) is 12.4 Å². The fraction of sp³-hybridized carbons (Fsp3) is 0.125. The second-order valence-corrected chi connectivity index (χ2v) is 2.37. The van der Waals surface area contributed by atoms with Crippen LogP contribution in [0.15, 0.2) is 29.7 Å². The van der Waals surface area contributed by atoms with Gasteiger partial charge in [-0.25, -0.2) is 20.3 Å². The average Bonchev–Trinajstić information content (AvgIpc) is 2.54. The summed E-state index contributed by atoms with van der Waals surface area (Å²) >= 11 is 0. The first-order chi connectivity index (χ1) is 5.86. The Morgan fingerprint density at radius 3 is 2.50 bits per heavy atom. The molecule has 0 spiro atoms. The molecule has 12 heavy (non-hydrogen) atoms. The van der Waals surface area contributed by atoms with Crippen LogP contribution in [0.2, 0.25) is 0 Å². The number of aliphatic imine (C=N–C) groups is 1. The summed E-state index contributed by atoms with van der Waals surface area (Å²) in [5.41, 5.74) is 0.730. The first kappa shape index (κ1) is 6.97. The molecule has 0 atom stereocenters. The van der Waals surface area contributed by atoms with Crippen LogP contribution in [0.1, 0.15) is 12.7 Å². The number of nitrogens with zero attached hydrogens (tertiary/aromatic N) is 4. The van der Waals surface area contributed by atoms with Crippen molar-refractivity contribution in [2.75, 3.05) is 0 Å². The van der Waals surface area contributed by atoms with E-state index in [-0.39, 0.29) is 0 Å². The molecule has 0 amide bonds. The van der Waals surface area contributed by atoms with Crippen molar-refractivity contribution in [1.29, 1.82) is 0 Å². The van der Waals surface area contributed by atoms with Crippen molar-refractivity contribution >= 4 is 11.5 Å². The number of aromatic nitrogens is 2. The Kier molecular flexibility index (Phi) is 1.59.